The van der Waals surface area contributed by atoms with Crippen LogP contribution in [-0.4, -0.2) is 33.9 Å². The van der Waals surface area contributed by atoms with Gasteiger partial charge in [0.05, 0.1) is 17.8 Å². The van der Waals surface area contributed by atoms with Gasteiger partial charge in [-0.1, -0.05) is 24.3 Å². The Hall–Kier alpha value is -3.73. The number of aryl methyl sites for hydroxylation is 1. The molecule has 2 aromatic heterocycles. The van der Waals surface area contributed by atoms with E-state index in [1.807, 2.05) is 53.6 Å². The first-order valence-electron chi connectivity index (χ1n) is 12.0. The average molecular weight is 451 g/mol. The molecule has 0 aliphatic carbocycles. The van der Waals surface area contributed by atoms with Crippen molar-refractivity contribution in [3.63, 3.8) is 0 Å². The molecule has 5 rings (SSSR count). The Bertz CT molecular complexity index is 1290. The van der Waals surface area contributed by atoms with Crippen LogP contribution in [0.3, 0.4) is 0 Å². The number of amides is 1. The minimum Gasteiger partial charge on any atom is -0.379 e. The number of anilines is 1. The van der Waals surface area contributed by atoms with Gasteiger partial charge in [0.1, 0.15) is 0 Å². The fraction of sp³-hybridized carbons (Fsp3) is 0.276. The first kappa shape index (κ1) is 22.1. The first-order valence-corrected chi connectivity index (χ1v) is 12.0. The number of rotatable bonds is 6. The monoisotopic (exact) mass is 450 g/mol. The minimum atomic E-state index is 0.119. The second-order valence-electron chi connectivity index (χ2n) is 9.20. The molecule has 172 valence electrons. The molecular formula is C29H30N4O. The highest BCUT2D eigenvalue weighted by Gasteiger charge is 2.25. The normalized spacial score (nSPS) is 15.9. The van der Waals surface area contributed by atoms with Crippen LogP contribution < -0.4 is 5.32 Å². The summed E-state index contributed by atoms with van der Waals surface area (Å²) in [5.41, 5.74) is 6.16. The predicted molar refractivity (Wildman–Crippen MR) is 137 cm³/mol. The molecule has 1 atom stereocenters. The lowest BCUT2D eigenvalue weighted by atomic mass is 9.90. The van der Waals surface area contributed by atoms with Gasteiger partial charge >= 0.3 is 0 Å². The molecule has 1 N–H and O–H groups in total. The third kappa shape index (κ3) is 5.09. The largest absolute Gasteiger partial charge is 0.379 e. The average Bonchev–Trinajstić information content (AvgIpc) is 2.88. The highest BCUT2D eigenvalue weighted by molar-refractivity contribution is 5.95. The van der Waals surface area contributed by atoms with Crippen LogP contribution in [0.1, 0.15) is 40.0 Å². The third-order valence-electron chi connectivity index (χ3n) is 6.67. The number of piperidine rings is 1. The maximum absolute atomic E-state index is 13.4. The Labute approximate surface area is 200 Å². The number of hydrogen-bond acceptors (Lipinski definition) is 4. The molecule has 1 saturated heterocycles. The van der Waals surface area contributed by atoms with E-state index in [1.165, 1.54) is 10.9 Å². The molecule has 2 aromatic carbocycles. The van der Waals surface area contributed by atoms with Crippen LogP contribution in [-0.2, 0) is 13.0 Å². The fourth-order valence-corrected chi connectivity index (χ4v) is 4.82. The Morgan fingerprint density at radius 3 is 2.82 bits per heavy atom. The van der Waals surface area contributed by atoms with E-state index in [4.69, 9.17) is 0 Å². The van der Waals surface area contributed by atoms with E-state index in [0.717, 1.165) is 60.4 Å². The van der Waals surface area contributed by atoms with Crippen molar-refractivity contribution in [2.75, 3.05) is 18.4 Å². The smallest absolute Gasteiger partial charge is 0.253 e. The lowest BCUT2D eigenvalue weighted by molar-refractivity contribution is 0.0673. The summed E-state index contributed by atoms with van der Waals surface area (Å²) in [5.74, 6) is 0.590. The summed E-state index contributed by atoms with van der Waals surface area (Å²) in [6, 6.07) is 22.5. The van der Waals surface area contributed by atoms with Gasteiger partial charge in [0.2, 0.25) is 0 Å². The first-order chi connectivity index (χ1) is 16.7. The zero-order valence-corrected chi connectivity index (χ0v) is 19.6. The number of hydrogen-bond donors (Lipinski definition) is 1. The molecule has 34 heavy (non-hydrogen) atoms. The molecule has 1 aliphatic rings. The van der Waals surface area contributed by atoms with E-state index < -0.39 is 0 Å². The number of carbonyl (C=O) groups is 1. The lowest BCUT2D eigenvalue weighted by Gasteiger charge is -2.33. The quantitative estimate of drug-likeness (QED) is 0.413. The van der Waals surface area contributed by atoms with Crippen molar-refractivity contribution >= 4 is 22.5 Å². The number of likely N-dealkylation sites (tertiary alicyclic amines) is 1. The highest BCUT2D eigenvalue weighted by Crippen LogP contribution is 2.25. The number of benzene rings is 2. The van der Waals surface area contributed by atoms with Crippen LogP contribution in [0.15, 0.2) is 79.1 Å². The van der Waals surface area contributed by atoms with Crippen LogP contribution in [0.25, 0.3) is 10.9 Å². The van der Waals surface area contributed by atoms with Crippen molar-refractivity contribution in [2.45, 2.75) is 32.7 Å². The zero-order valence-electron chi connectivity index (χ0n) is 19.6. The molecule has 5 heteroatoms. The van der Waals surface area contributed by atoms with Gasteiger partial charge in [-0.2, -0.15) is 0 Å². The van der Waals surface area contributed by atoms with Gasteiger partial charge in [-0.3, -0.25) is 14.8 Å². The number of nitrogens with one attached hydrogen (secondary N) is 1. The SMILES string of the molecule is Cc1ccc(C(=O)N2CCCC(Cc3ccc4ncccc4c3)C2)cc1NCc1ccccn1. The molecular weight excluding hydrogens is 420 g/mol. The highest BCUT2D eigenvalue weighted by atomic mass is 16.2. The molecule has 0 saturated carbocycles. The van der Waals surface area contributed by atoms with Gasteiger partial charge in [-0.25, -0.2) is 0 Å². The molecule has 1 unspecified atom stereocenters. The summed E-state index contributed by atoms with van der Waals surface area (Å²) >= 11 is 0. The van der Waals surface area contributed by atoms with Crippen molar-refractivity contribution in [3.05, 3.63) is 102 Å². The van der Waals surface area contributed by atoms with E-state index in [9.17, 15) is 4.79 Å². The molecule has 5 nitrogen and oxygen atoms in total. The molecule has 1 aliphatic heterocycles. The van der Waals surface area contributed by atoms with Gasteiger partial charge in [0.15, 0.2) is 0 Å². The Kier molecular flexibility index (Phi) is 6.52. The Morgan fingerprint density at radius 1 is 1.03 bits per heavy atom. The van der Waals surface area contributed by atoms with Crippen molar-refractivity contribution in [2.24, 2.45) is 5.92 Å². The van der Waals surface area contributed by atoms with Gasteiger partial charge in [-0.15, -0.1) is 0 Å². The molecule has 4 aromatic rings. The van der Waals surface area contributed by atoms with Crippen LogP contribution in [0.5, 0.6) is 0 Å². The van der Waals surface area contributed by atoms with Crippen LogP contribution in [0.2, 0.25) is 0 Å². The third-order valence-corrected chi connectivity index (χ3v) is 6.67. The summed E-state index contributed by atoms with van der Waals surface area (Å²) in [7, 11) is 0. The number of fused-ring (bicyclic) bond motifs is 1. The second-order valence-corrected chi connectivity index (χ2v) is 9.20. The van der Waals surface area contributed by atoms with E-state index in [1.54, 1.807) is 6.20 Å². The second kappa shape index (κ2) is 10.0. The predicted octanol–water partition coefficient (Wildman–Crippen LogP) is 5.65. The zero-order chi connectivity index (χ0) is 23.3. The molecule has 0 spiro atoms. The molecule has 1 fully saturated rings. The number of pyridine rings is 2. The minimum absolute atomic E-state index is 0.119. The standard InChI is InChI=1S/C29H30N4O/c1-21-9-11-25(18-28(21)32-19-26-8-2-3-13-30-26)29(34)33-15-5-6-23(20-33)16-22-10-12-27-24(17-22)7-4-14-31-27/h2-4,7-14,17-18,23,32H,5-6,15-16,19-20H2,1H3. The van der Waals surface area contributed by atoms with Gasteiger partial charge in [0.25, 0.3) is 5.91 Å². The van der Waals surface area contributed by atoms with Crippen LogP contribution in [0.4, 0.5) is 5.69 Å². The van der Waals surface area contributed by atoms with E-state index >= 15 is 0 Å². The lowest BCUT2D eigenvalue weighted by Crippen LogP contribution is -2.40. The molecule has 3 heterocycles. The van der Waals surface area contributed by atoms with Crippen LogP contribution >= 0.6 is 0 Å². The van der Waals surface area contributed by atoms with Crippen molar-refractivity contribution in [3.8, 4) is 0 Å². The summed E-state index contributed by atoms with van der Waals surface area (Å²) in [4.78, 5) is 24.2. The summed E-state index contributed by atoms with van der Waals surface area (Å²) in [5, 5.41) is 4.62. The van der Waals surface area contributed by atoms with Crippen LogP contribution in [0, 0.1) is 12.8 Å². The maximum atomic E-state index is 13.4. The van der Waals surface area contributed by atoms with Crippen molar-refractivity contribution in [1.82, 2.24) is 14.9 Å². The number of carbonyl (C=O) groups excluding carboxylic acids is 1. The Morgan fingerprint density at radius 2 is 1.94 bits per heavy atom. The molecule has 0 bridgehead atoms. The maximum Gasteiger partial charge on any atom is 0.253 e. The van der Waals surface area contributed by atoms with E-state index in [2.05, 4.69) is 46.5 Å². The summed E-state index contributed by atoms with van der Waals surface area (Å²) < 4.78 is 0. The topological polar surface area (TPSA) is 58.1 Å². The van der Waals surface area contributed by atoms with Gasteiger partial charge in [-0.05, 0) is 85.7 Å². The van der Waals surface area contributed by atoms with E-state index in [-0.39, 0.29) is 5.91 Å². The van der Waals surface area contributed by atoms with E-state index in [0.29, 0.717) is 12.5 Å². The number of nitrogens with zero attached hydrogens (tertiary/aromatic N) is 3. The molecule has 0 radical (unpaired) electrons. The van der Waals surface area contributed by atoms with Crippen molar-refractivity contribution in [1.29, 1.82) is 0 Å². The summed E-state index contributed by atoms with van der Waals surface area (Å²) in [6.45, 7) is 4.31. The van der Waals surface area contributed by atoms with Gasteiger partial charge < -0.3 is 10.2 Å². The fourth-order valence-electron chi connectivity index (χ4n) is 4.82. The van der Waals surface area contributed by atoms with Crippen molar-refractivity contribution < 1.29 is 4.79 Å². The summed E-state index contributed by atoms with van der Waals surface area (Å²) in [6.07, 6.45) is 6.81. The van der Waals surface area contributed by atoms with Gasteiger partial charge in [0, 0.05) is 42.1 Å². The number of aromatic nitrogens is 2. The Balaban J connectivity index is 1.25. The molecule has 1 amide bonds.